The average Bonchev–Trinajstić information content (AvgIpc) is 3.27. The predicted octanol–water partition coefficient (Wildman–Crippen LogP) is 16.6. The molecule has 0 aromatic rings. The molecule has 0 aliphatic heterocycles. The molecule has 0 saturated carbocycles. The minimum absolute atomic E-state index is 0.106. The summed E-state index contributed by atoms with van der Waals surface area (Å²) in [5, 5.41) is 0. The van der Waals surface area contributed by atoms with Gasteiger partial charge in [-0.3, -0.25) is 14.4 Å². The largest absolute Gasteiger partial charge is 0.462 e. The minimum Gasteiger partial charge on any atom is -0.462 e. The van der Waals surface area contributed by atoms with Crippen molar-refractivity contribution in [1.82, 2.24) is 0 Å². The highest BCUT2D eigenvalue weighted by Gasteiger charge is 2.19. The first kappa shape index (κ1) is 58.3. The number of carbonyl (C=O) groups is 3. The van der Waals surface area contributed by atoms with Gasteiger partial charge in [0.2, 0.25) is 0 Å². The number of ether oxygens (including phenoxy) is 3. The van der Waals surface area contributed by atoms with Crippen LogP contribution in [-0.4, -0.2) is 37.2 Å². The summed E-state index contributed by atoms with van der Waals surface area (Å²) >= 11 is 0. The van der Waals surface area contributed by atoms with Crippen LogP contribution in [0.5, 0.6) is 0 Å². The lowest BCUT2D eigenvalue weighted by atomic mass is 10.1. The molecule has 6 nitrogen and oxygen atoms in total. The second-order valence-corrected chi connectivity index (χ2v) is 16.3. The van der Waals surface area contributed by atoms with Gasteiger partial charge in [-0.15, -0.1) is 0 Å². The molecular formula is C56H92O6. The first-order chi connectivity index (χ1) is 30.5. The van der Waals surface area contributed by atoms with Crippen molar-refractivity contribution in [3.63, 3.8) is 0 Å². The molecule has 0 aliphatic carbocycles. The van der Waals surface area contributed by atoms with Gasteiger partial charge in [0.05, 0.1) is 0 Å². The van der Waals surface area contributed by atoms with E-state index in [0.717, 1.165) is 109 Å². The van der Waals surface area contributed by atoms with Gasteiger partial charge in [0, 0.05) is 19.3 Å². The first-order valence-electron chi connectivity index (χ1n) is 25.2. The standard InChI is InChI=1S/C56H92O6/c1-4-7-10-13-16-19-22-24-26-28-30-31-34-37-40-43-46-49-55(58)61-52-53(51-60-54(57)48-45-42-39-36-33-21-18-15-12-9-6-3)62-56(59)50-47-44-41-38-35-32-29-27-25-23-20-17-14-11-8-5-2/h8,11,15-20,24-27,30-31,37,40,53H,4-7,9-10,12-14,21-23,28-29,32-36,38-39,41-52H2,1-3H3/b11-8-,18-15-,19-16-,20-17-,26-24-,27-25-,31-30-,40-37-. The number of esters is 3. The molecule has 0 spiro atoms. The molecule has 0 saturated heterocycles. The molecule has 0 rings (SSSR count). The molecule has 0 amide bonds. The summed E-state index contributed by atoms with van der Waals surface area (Å²) in [7, 11) is 0. The van der Waals surface area contributed by atoms with Crippen molar-refractivity contribution < 1.29 is 28.6 Å². The van der Waals surface area contributed by atoms with E-state index in [4.69, 9.17) is 14.2 Å². The molecule has 6 heteroatoms. The quantitative estimate of drug-likeness (QED) is 0.0263. The zero-order chi connectivity index (χ0) is 45.1. The zero-order valence-corrected chi connectivity index (χ0v) is 40.1. The summed E-state index contributed by atoms with van der Waals surface area (Å²) in [5.74, 6) is -0.992. The lowest BCUT2D eigenvalue weighted by molar-refractivity contribution is -0.167. The van der Waals surface area contributed by atoms with Crippen molar-refractivity contribution in [1.29, 1.82) is 0 Å². The highest BCUT2D eigenvalue weighted by atomic mass is 16.6. The topological polar surface area (TPSA) is 78.9 Å². The lowest BCUT2D eigenvalue weighted by Crippen LogP contribution is -2.30. The Morgan fingerprint density at radius 3 is 1.11 bits per heavy atom. The maximum atomic E-state index is 12.8. The van der Waals surface area contributed by atoms with Crippen molar-refractivity contribution in [2.75, 3.05) is 13.2 Å². The van der Waals surface area contributed by atoms with Crippen molar-refractivity contribution in [3.05, 3.63) is 97.2 Å². The molecule has 0 N–H and O–H groups in total. The summed E-state index contributed by atoms with van der Waals surface area (Å²) < 4.78 is 16.7. The Labute approximate surface area is 381 Å². The lowest BCUT2D eigenvalue weighted by Gasteiger charge is -2.18. The van der Waals surface area contributed by atoms with Gasteiger partial charge in [-0.1, -0.05) is 189 Å². The van der Waals surface area contributed by atoms with E-state index in [2.05, 4.69) is 118 Å². The number of carbonyl (C=O) groups excluding carboxylic acids is 3. The number of hydrogen-bond acceptors (Lipinski definition) is 6. The minimum atomic E-state index is -0.809. The summed E-state index contributed by atoms with van der Waals surface area (Å²) in [5.41, 5.74) is 0. The molecule has 352 valence electrons. The van der Waals surface area contributed by atoms with E-state index in [9.17, 15) is 14.4 Å². The van der Waals surface area contributed by atoms with Crippen LogP contribution >= 0.6 is 0 Å². The van der Waals surface area contributed by atoms with Gasteiger partial charge in [0.1, 0.15) is 13.2 Å². The van der Waals surface area contributed by atoms with E-state index in [-0.39, 0.29) is 37.5 Å². The number of hydrogen-bond donors (Lipinski definition) is 0. The van der Waals surface area contributed by atoms with E-state index in [0.29, 0.717) is 19.3 Å². The third-order valence-electron chi connectivity index (χ3n) is 10.3. The Kier molecular flexibility index (Phi) is 47.0. The van der Waals surface area contributed by atoms with Crippen LogP contribution in [0.4, 0.5) is 0 Å². The number of allylic oxidation sites excluding steroid dienone is 16. The highest BCUT2D eigenvalue weighted by molar-refractivity contribution is 5.71. The smallest absolute Gasteiger partial charge is 0.306 e. The maximum Gasteiger partial charge on any atom is 0.306 e. The van der Waals surface area contributed by atoms with Crippen molar-refractivity contribution in [2.45, 2.75) is 226 Å². The summed E-state index contributed by atoms with van der Waals surface area (Å²) in [6.45, 7) is 6.38. The fourth-order valence-corrected chi connectivity index (χ4v) is 6.49. The van der Waals surface area contributed by atoms with E-state index >= 15 is 0 Å². The van der Waals surface area contributed by atoms with Crippen LogP contribution in [0.3, 0.4) is 0 Å². The molecule has 0 fully saturated rings. The summed E-state index contributed by atoms with van der Waals surface area (Å²) in [4.78, 5) is 37.9. The van der Waals surface area contributed by atoms with Crippen molar-refractivity contribution >= 4 is 17.9 Å². The number of rotatable bonds is 44. The Morgan fingerprint density at radius 2 is 0.661 bits per heavy atom. The Bertz CT molecular complexity index is 1260. The van der Waals surface area contributed by atoms with Gasteiger partial charge in [0.15, 0.2) is 6.10 Å². The van der Waals surface area contributed by atoms with Crippen LogP contribution in [0, 0.1) is 0 Å². The fraction of sp³-hybridized carbons (Fsp3) is 0.661. The Morgan fingerprint density at radius 1 is 0.339 bits per heavy atom. The SMILES string of the molecule is CC/C=C\C/C=C\C/C=C\CCCCCCCCC(=O)OC(COC(=O)CCC/C=C\C/C=C\C/C=C\C/C=C\CCCCC)COC(=O)CCCCCCC/C=C\CCCC. The van der Waals surface area contributed by atoms with Crippen molar-refractivity contribution in [3.8, 4) is 0 Å². The van der Waals surface area contributed by atoms with Gasteiger partial charge in [-0.05, 0) is 109 Å². The Balaban J connectivity index is 4.50. The predicted molar refractivity (Wildman–Crippen MR) is 265 cm³/mol. The van der Waals surface area contributed by atoms with Gasteiger partial charge in [-0.2, -0.15) is 0 Å². The van der Waals surface area contributed by atoms with Crippen LogP contribution in [0.25, 0.3) is 0 Å². The molecule has 0 radical (unpaired) electrons. The first-order valence-corrected chi connectivity index (χ1v) is 25.2. The fourth-order valence-electron chi connectivity index (χ4n) is 6.49. The molecule has 0 aromatic heterocycles. The van der Waals surface area contributed by atoms with Gasteiger partial charge >= 0.3 is 17.9 Å². The number of unbranched alkanes of at least 4 members (excludes halogenated alkanes) is 17. The van der Waals surface area contributed by atoms with E-state index < -0.39 is 6.10 Å². The van der Waals surface area contributed by atoms with Gasteiger partial charge < -0.3 is 14.2 Å². The summed E-state index contributed by atoms with van der Waals surface area (Å²) in [6.07, 6.45) is 65.3. The van der Waals surface area contributed by atoms with Crippen molar-refractivity contribution in [2.24, 2.45) is 0 Å². The molecule has 1 unspecified atom stereocenters. The zero-order valence-electron chi connectivity index (χ0n) is 40.1. The van der Waals surface area contributed by atoms with E-state index in [1.165, 1.54) is 64.2 Å². The molecule has 0 bridgehead atoms. The molecule has 0 aliphatic rings. The highest BCUT2D eigenvalue weighted by Crippen LogP contribution is 2.13. The third kappa shape index (κ3) is 47.4. The molecule has 0 heterocycles. The monoisotopic (exact) mass is 861 g/mol. The van der Waals surface area contributed by atoms with Gasteiger partial charge in [-0.25, -0.2) is 0 Å². The van der Waals surface area contributed by atoms with Gasteiger partial charge in [0.25, 0.3) is 0 Å². The molecule has 62 heavy (non-hydrogen) atoms. The second-order valence-electron chi connectivity index (χ2n) is 16.3. The van der Waals surface area contributed by atoms with Crippen LogP contribution in [0.1, 0.15) is 220 Å². The summed E-state index contributed by atoms with van der Waals surface area (Å²) in [6, 6.07) is 0. The second kappa shape index (κ2) is 50.0. The average molecular weight is 861 g/mol. The normalized spacial score (nSPS) is 12.9. The van der Waals surface area contributed by atoms with Crippen LogP contribution < -0.4 is 0 Å². The third-order valence-corrected chi connectivity index (χ3v) is 10.3. The molecule has 0 aromatic carbocycles. The van der Waals surface area contributed by atoms with E-state index in [1.807, 2.05) is 0 Å². The maximum absolute atomic E-state index is 12.8. The molecular weight excluding hydrogens is 769 g/mol. The van der Waals surface area contributed by atoms with Crippen LogP contribution in [0.15, 0.2) is 97.2 Å². The van der Waals surface area contributed by atoms with Crippen LogP contribution in [0.2, 0.25) is 0 Å². The Hall–Kier alpha value is -3.67. The van der Waals surface area contributed by atoms with Crippen LogP contribution in [-0.2, 0) is 28.6 Å². The van der Waals surface area contributed by atoms with E-state index in [1.54, 1.807) is 0 Å². The molecule has 1 atom stereocenters.